The molecule has 0 spiro atoms. The predicted molar refractivity (Wildman–Crippen MR) is 67.3 cm³/mol. The molecule has 0 heterocycles. The second kappa shape index (κ2) is 5.36. The van der Waals surface area contributed by atoms with E-state index in [-0.39, 0.29) is 5.75 Å². The Labute approximate surface area is 109 Å². The second-order valence-corrected chi connectivity index (χ2v) is 4.18. The van der Waals surface area contributed by atoms with Crippen molar-refractivity contribution in [1.29, 1.82) is 0 Å². The fourth-order valence-electron chi connectivity index (χ4n) is 1.69. The summed E-state index contributed by atoms with van der Waals surface area (Å²) in [6.07, 6.45) is 0.673. The highest BCUT2D eigenvalue weighted by atomic mass is 35.5. The molecule has 0 amide bonds. The van der Waals surface area contributed by atoms with E-state index >= 15 is 0 Å². The van der Waals surface area contributed by atoms with Gasteiger partial charge in [0.05, 0.1) is 0 Å². The number of halogens is 3. The molecule has 2 aromatic carbocycles. The fraction of sp³-hybridized carbons (Fsp3) is 0.143. The molecule has 2 aromatic rings. The summed E-state index contributed by atoms with van der Waals surface area (Å²) in [5.74, 6) is -0.727. The van der Waals surface area contributed by atoms with Crippen molar-refractivity contribution in [1.82, 2.24) is 0 Å². The maximum Gasteiger partial charge on any atom is 0.133 e. The van der Waals surface area contributed by atoms with Crippen molar-refractivity contribution >= 4 is 11.6 Å². The van der Waals surface area contributed by atoms with Crippen LogP contribution in [-0.2, 0) is 6.42 Å². The third kappa shape index (κ3) is 2.79. The third-order valence-corrected chi connectivity index (χ3v) is 2.85. The lowest BCUT2D eigenvalue weighted by Crippen LogP contribution is -1.92. The minimum absolute atomic E-state index is 0.115. The van der Waals surface area contributed by atoms with Gasteiger partial charge >= 0.3 is 0 Å². The van der Waals surface area contributed by atoms with E-state index in [1.54, 1.807) is 18.2 Å². The molecule has 94 valence electrons. The molecule has 0 radical (unpaired) electrons. The highest BCUT2D eigenvalue weighted by Gasteiger charge is 2.08. The van der Waals surface area contributed by atoms with E-state index in [0.29, 0.717) is 17.2 Å². The van der Waals surface area contributed by atoms with Crippen LogP contribution >= 0.6 is 11.6 Å². The standard InChI is InChI=1S/C14H11ClF2O/c1-2-12-13(15)4-3-5-14(12)18-11-7-9(16)6-10(17)8-11/h3-8H,2H2,1H3. The Morgan fingerprint density at radius 2 is 1.78 bits per heavy atom. The summed E-state index contributed by atoms with van der Waals surface area (Å²) in [5, 5.41) is 0.576. The van der Waals surface area contributed by atoms with E-state index in [1.807, 2.05) is 6.92 Å². The van der Waals surface area contributed by atoms with Crippen molar-refractivity contribution in [2.24, 2.45) is 0 Å². The minimum Gasteiger partial charge on any atom is -0.457 e. The van der Waals surface area contributed by atoms with Crippen LogP contribution in [-0.4, -0.2) is 0 Å². The molecule has 4 heteroatoms. The molecule has 2 rings (SSSR count). The van der Waals surface area contributed by atoms with Crippen LogP contribution < -0.4 is 4.74 Å². The largest absolute Gasteiger partial charge is 0.457 e. The molecule has 0 saturated heterocycles. The predicted octanol–water partition coefficient (Wildman–Crippen LogP) is 4.97. The number of rotatable bonds is 3. The summed E-state index contributed by atoms with van der Waals surface area (Å²) in [7, 11) is 0. The van der Waals surface area contributed by atoms with Crippen molar-refractivity contribution in [3.8, 4) is 11.5 Å². The smallest absolute Gasteiger partial charge is 0.133 e. The molecule has 0 bridgehead atoms. The first-order chi connectivity index (χ1) is 8.60. The normalized spacial score (nSPS) is 10.4. The van der Waals surface area contributed by atoms with Gasteiger partial charge in [0.1, 0.15) is 23.1 Å². The van der Waals surface area contributed by atoms with Gasteiger partial charge < -0.3 is 4.74 Å². The van der Waals surface area contributed by atoms with E-state index in [9.17, 15) is 8.78 Å². The lowest BCUT2D eigenvalue weighted by atomic mass is 10.1. The third-order valence-electron chi connectivity index (χ3n) is 2.49. The van der Waals surface area contributed by atoms with Gasteiger partial charge in [-0.05, 0) is 18.6 Å². The molecular weight excluding hydrogens is 258 g/mol. The van der Waals surface area contributed by atoms with Crippen LogP contribution in [0, 0.1) is 11.6 Å². The molecule has 0 aliphatic carbocycles. The Bertz CT molecular complexity index is 549. The second-order valence-electron chi connectivity index (χ2n) is 3.78. The van der Waals surface area contributed by atoms with Crippen LogP contribution in [0.2, 0.25) is 5.02 Å². The molecule has 0 aromatic heterocycles. The average molecular weight is 269 g/mol. The number of ether oxygens (including phenoxy) is 1. The quantitative estimate of drug-likeness (QED) is 0.763. The Balaban J connectivity index is 2.36. The van der Waals surface area contributed by atoms with E-state index in [0.717, 1.165) is 23.8 Å². The van der Waals surface area contributed by atoms with Crippen molar-refractivity contribution in [3.05, 3.63) is 58.6 Å². The van der Waals surface area contributed by atoms with Crippen LogP contribution in [0.15, 0.2) is 36.4 Å². The van der Waals surface area contributed by atoms with E-state index in [2.05, 4.69) is 0 Å². The number of benzene rings is 2. The molecule has 18 heavy (non-hydrogen) atoms. The van der Waals surface area contributed by atoms with Gasteiger partial charge in [0.25, 0.3) is 0 Å². The van der Waals surface area contributed by atoms with Crippen molar-refractivity contribution in [2.45, 2.75) is 13.3 Å². The first-order valence-electron chi connectivity index (χ1n) is 5.51. The van der Waals surface area contributed by atoms with Crippen LogP contribution in [0.4, 0.5) is 8.78 Å². The highest BCUT2D eigenvalue weighted by Crippen LogP contribution is 2.31. The molecule has 0 fully saturated rings. The molecular formula is C14H11ClF2O. The van der Waals surface area contributed by atoms with Gasteiger partial charge in [0.2, 0.25) is 0 Å². The molecule has 0 atom stereocenters. The topological polar surface area (TPSA) is 9.23 Å². The van der Waals surface area contributed by atoms with E-state index in [1.165, 1.54) is 0 Å². The van der Waals surface area contributed by atoms with E-state index < -0.39 is 11.6 Å². The lowest BCUT2D eigenvalue weighted by Gasteiger charge is -2.11. The van der Waals surface area contributed by atoms with Gasteiger partial charge in [0, 0.05) is 28.8 Å². The Morgan fingerprint density at radius 3 is 2.39 bits per heavy atom. The molecule has 0 aliphatic rings. The first-order valence-corrected chi connectivity index (χ1v) is 5.89. The zero-order valence-corrected chi connectivity index (χ0v) is 10.5. The molecule has 0 aliphatic heterocycles. The summed E-state index contributed by atoms with van der Waals surface area (Å²) in [5.41, 5.74) is 0.809. The zero-order chi connectivity index (χ0) is 13.1. The summed E-state index contributed by atoms with van der Waals surface area (Å²) >= 11 is 6.03. The van der Waals surface area contributed by atoms with Gasteiger partial charge in [-0.2, -0.15) is 0 Å². The Hall–Kier alpha value is -1.61. The Kier molecular flexibility index (Phi) is 3.82. The molecule has 0 N–H and O–H groups in total. The first kappa shape index (κ1) is 12.8. The fourth-order valence-corrected chi connectivity index (χ4v) is 1.99. The van der Waals surface area contributed by atoms with Gasteiger partial charge in [-0.3, -0.25) is 0 Å². The molecule has 1 nitrogen and oxygen atoms in total. The van der Waals surface area contributed by atoms with Crippen LogP contribution in [0.3, 0.4) is 0 Å². The van der Waals surface area contributed by atoms with Gasteiger partial charge in [-0.25, -0.2) is 8.78 Å². The van der Waals surface area contributed by atoms with Crippen molar-refractivity contribution in [2.75, 3.05) is 0 Å². The number of hydrogen-bond donors (Lipinski definition) is 0. The average Bonchev–Trinajstić information content (AvgIpc) is 2.27. The summed E-state index contributed by atoms with van der Waals surface area (Å²) < 4.78 is 31.6. The monoisotopic (exact) mass is 268 g/mol. The number of hydrogen-bond acceptors (Lipinski definition) is 1. The SMILES string of the molecule is CCc1c(Cl)cccc1Oc1cc(F)cc(F)c1. The zero-order valence-electron chi connectivity index (χ0n) is 9.71. The van der Waals surface area contributed by atoms with Crippen LogP contribution in [0.5, 0.6) is 11.5 Å². The van der Waals surface area contributed by atoms with Crippen LogP contribution in [0.1, 0.15) is 12.5 Å². The van der Waals surface area contributed by atoms with Crippen molar-refractivity contribution < 1.29 is 13.5 Å². The summed E-state index contributed by atoms with van der Waals surface area (Å²) in [6.45, 7) is 1.93. The van der Waals surface area contributed by atoms with Gasteiger partial charge in [0.15, 0.2) is 0 Å². The maximum atomic E-state index is 13.0. The maximum absolute atomic E-state index is 13.0. The summed E-state index contributed by atoms with van der Waals surface area (Å²) in [4.78, 5) is 0. The Morgan fingerprint density at radius 1 is 1.11 bits per heavy atom. The highest BCUT2D eigenvalue weighted by molar-refractivity contribution is 6.31. The lowest BCUT2D eigenvalue weighted by molar-refractivity contribution is 0.463. The molecule has 0 saturated carbocycles. The van der Waals surface area contributed by atoms with E-state index in [4.69, 9.17) is 16.3 Å². The van der Waals surface area contributed by atoms with Crippen LogP contribution in [0.25, 0.3) is 0 Å². The van der Waals surface area contributed by atoms with Gasteiger partial charge in [-0.15, -0.1) is 0 Å². The minimum atomic E-state index is -0.676. The molecule has 0 unspecified atom stereocenters. The van der Waals surface area contributed by atoms with Crippen molar-refractivity contribution in [3.63, 3.8) is 0 Å². The van der Waals surface area contributed by atoms with Gasteiger partial charge in [-0.1, -0.05) is 24.6 Å². The summed E-state index contributed by atoms with van der Waals surface area (Å²) in [6, 6.07) is 8.25.